The maximum absolute atomic E-state index is 14.1. The van der Waals surface area contributed by atoms with E-state index >= 15 is 0 Å². The van der Waals surface area contributed by atoms with E-state index < -0.39 is 11.9 Å². The number of anilines is 2. The highest BCUT2D eigenvalue weighted by atomic mass is 127. The van der Waals surface area contributed by atoms with Crippen molar-refractivity contribution in [3.05, 3.63) is 83.7 Å². The summed E-state index contributed by atoms with van der Waals surface area (Å²) in [6.07, 6.45) is 2.06. The summed E-state index contributed by atoms with van der Waals surface area (Å²) in [4.78, 5) is 36.1. The molecule has 1 aliphatic rings. The van der Waals surface area contributed by atoms with Gasteiger partial charge in [-0.3, -0.25) is 14.9 Å². The Morgan fingerprint density at radius 3 is 2.36 bits per heavy atom. The van der Waals surface area contributed by atoms with Crippen molar-refractivity contribution < 1.29 is 28.0 Å². The van der Waals surface area contributed by atoms with E-state index in [9.17, 15) is 18.8 Å². The van der Waals surface area contributed by atoms with Crippen LogP contribution in [0.1, 0.15) is 35.2 Å². The Hall–Kier alpha value is -3.31. The molecular formula is C30H34FIN3O4+. The van der Waals surface area contributed by atoms with Crippen LogP contribution in [0.5, 0.6) is 0 Å². The molecule has 7 nitrogen and oxygen atoms in total. The maximum atomic E-state index is 14.1. The molecule has 0 unspecified atom stereocenters. The first kappa shape index (κ1) is 30.2. The second-order valence-corrected chi connectivity index (χ2v) is 10.3. The Bertz CT molecular complexity index is 1310. The lowest BCUT2D eigenvalue weighted by Crippen LogP contribution is -2.48. The molecular weight excluding hydrogens is 612 g/mol. The number of amides is 2. The molecule has 0 bridgehead atoms. The van der Waals surface area contributed by atoms with Crippen LogP contribution < -0.4 is 10.6 Å². The molecule has 3 aromatic carbocycles. The van der Waals surface area contributed by atoms with Crippen molar-refractivity contribution >= 4 is 53.6 Å². The number of aryl methyl sites for hydroxylation is 1. The van der Waals surface area contributed by atoms with Crippen LogP contribution in [-0.4, -0.2) is 56.1 Å². The number of likely N-dealkylation sites (tertiary alicyclic amines) is 1. The van der Waals surface area contributed by atoms with Crippen molar-refractivity contribution in [1.82, 2.24) is 0 Å². The summed E-state index contributed by atoms with van der Waals surface area (Å²) in [5.74, 6) is -1.02. The van der Waals surface area contributed by atoms with E-state index in [-0.39, 0.29) is 53.7 Å². The number of ether oxygens (including phenoxy) is 1. The van der Waals surface area contributed by atoms with Crippen molar-refractivity contribution in [2.24, 2.45) is 0 Å². The van der Waals surface area contributed by atoms with Gasteiger partial charge in [-0.1, -0.05) is 42.5 Å². The largest absolute Gasteiger partial charge is 0.446 e. The minimum atomic E-state index is -0.666. The molecule has 1 fully saturated rings. The first-order chi connectivity index (χ1) is 18.2. The lowest BCUT2D eigenvalue weighted by Gasteiger charge is -2.36. The fraction of sp³-hybridized carbons (Fsp3) is 0.300. The third-order valence-electron chi connectivity index (χ3n) is 6.84. The van der Waals surface area contributed by atoms with Crippen LogP contribution in [0.2, 0.25) is 0 Å². The Kier molecular flexibility index (Phi) is 10.6. The molecule has 0 radical (unpaired) electrons. The number of hydrogen-bond donors (Lipinski definition) is 2. The van der Waals surface area contributed by atoms with Gasteiger partial charge in [0.15, 0.2) is 0 Å². The van der Waals surface area contributed by atoms with Gasteiger partial charge in [-0.25, -0.2) is 9.18 Å². The quantitative estimate of drug-likeness (QED) is 0.172. The van der Waals surface area contributed by atoms with Crippen LogP contribution in [0.3, 0.4) is 0 Å². The number of aldehydes is 1. The highest BCUT2D eigenvalue weighted by Crippen LogP contribution is 2.30. The smallest absolute Gasteiger partial charge is 0.411 e. The highest BCUT2D eigenvalue weighted by molar-refractivity contribution is 14.0. The first-order valence-corrected chi connectivity index (χ1v) is 12.7. The zero-order chi connectivity index (χ0) is 27.1. The molecule has 4 rings (SSSR count). The molecule has 0 atom stereocenters. The van der Waals surface area contributed by atoms with Crippen LogP contribution in [0, 0.1) is 5.82 Å². The normalized spacial score (nSPS) is 14.5. The van der Waals surface area contributed by atoms with Gasteiger partial charge >= 0.3 is 6.09 Å². The zero-order valence-electron chi connectivity index (χ0n) is 22.1. The lowest BCUT2D eigenvalue weighted by molar-refractivity contribution is -0.896. The maximum Gasteiger partial charge on any atom is 0.411 e. The Labute approximate surface area is 245 Å². The van der Waals surface area contributed by atoms with Crippen LogP contribution in [0.25, 0.3) is 11.1 Å². The standard InChI is InChI=1S/C30H32FN3O4.HI/c1-34(2)16-14-24(15-17-34)38-30(37)33-28-19-21(8-11-25(28)23-6-4-3-5-7-23)10-13-29(36)32-27-12-9-22(20-35)18-26(27)31;/h3-9,11-12,18-20,24H,10,13-17H2,1-2H3,(H-,32,33,35,36,37);1H/p+1. The first-order valence-electron chi connectivity index (χ1n) is 12.7. The molecule has 1 saturated heterocycles. The molecule has 2 N–H and O–H groups in total. The van der Waals surface area contributed by atoms with Crippen LogP contribution in [-0.2, 0) is 16.0 Å². The van der Waals surface area contributed by atoms with E-state index in [0.29, 0.717) is 18.4 Å². The van der Waals surface area contributed by atoms with E-state index in [0.717, 1.165) is 53.2 Å². The third-order valence-corrected chi connectivity index (χ3v) is 6.84. The fourth-order valence-electron chi connectivity index (χ4n) is 4.55. The summed E-state index contributed by atoms with van der Waals surface area (Å²) in [5, 5.41) is 5.46. The van der Waals surface area contributed by atoms with Crippen molar-refractivity contribution in [3.8, 4) is 11.1 Å². The third kappa shape index (κ3) is 8.59. The number of nitrogens with zero attached hydrogens (tertiary/aromatic N) is 1. The Balaban J connectivity index is 0.00000420. The predicted molar refractivity (Wildman–Crippen MR) is 161 cm³/mol. The molecule has 206 valence electrons. The molecule has 0 aromatic heterocycles. The number of quaternary nitrogens is 1. The summed E-state index contributed by atoms with van der Waals surface area (Å²) < 4.78 is 20.8. The Morgan fingerprint density at radius 2 is 1.69 bits per heavy atom. The monoisotopic (exact) mass is 646 g/mol. The second-order valence-electron chi connectivity index (χ2n) is 10.3. The zero-order valence-corrected chi connectivity index (χ0v) is 24.4. The SMILES string of the molecule is C[N+]1(C)CCC(OC(=O)Nc2cc(CCC(=O)Nc3ccc(C=O)cc3F)ccc2-c2ccccc2)CC1.I. The van der Waals surface area contributed by atoms with E-state index in [1.54, 1.807) is 0 Å². The molecule has 9 heteroatoms. The number of carbonyl (C=O) groups is 3. The average Bonchev–Trinajstić information content (AvgIpc) is 2.90. The summed E-state index contributed by atoms with van der Waals surface area (Å²) in [7, 11) is 4.35. The van der Waals surface area contributed by atoms with Gasteiger partial charge in [0.25, 0.3) is 0 Å². The van der Waals surface area contributed by atoms with E-state index in [2.05, 4.69) is 24.7 Å². The molecule has 3 aromatic rings. The molecule has 2 amide bonds. The van der Waals surface area contributed by atoms with Gasteiger partial charge in [0, 0.05) is 30.4 Å². The molecule has 0 saturated carbocycles. The summed E-state index contributed by atoms with van der Waals surface area (Å²) >= 11 is 0. The number of hydrogen-bond acceptors (Lipinski definition) is 4. The van der Waals surface area contributed by atoms with E-state index in [4.69, 9.17) is 4.74 Å². The van der Waals surface area contributed by atoms with E-state index in [1.165, 1.54) is 12.1 Å². The second kappa shape index (κ2) is 13.7. The number of rotatable bonds is 8. The number of halogens is 2. The van der Waals surface area contributed by atoms with Gasteiger partial charge in [0.05, 0.1) is 38.6 Å². The summed E-state index contributed by atoms with van der Waals surface area (Å²) in [5.41, 5.74) is 3.44. The van der Waals surface area contributed by atoms with Crippen molar-refractivity contribution in [3.63, 3.8) is 0 Å². The van der Waals surface area contributed by atoms with Crippen molar-refractivity contribution in [2.75, 3.05) is 37.8 Å². The molecule has 39 heavy (non-hydrogen) atoms. The number of piperidine rings is 1. The number of carbonyl (C=O) groups excluding carboxylic acids is 3. The molecule has 1 heterocycles. The van der Waals surface area contributed by atoms with Crippen molar-refractivity contribution in [2.45, 2.75) is 31.8 Å². The van der Waals surface area contributed by atoms with Gasteiger partial charge < -0.3 is 14.5 Å². The predicted octanol–water partition coefficient (Wildman–Crippen LogP) is 6.28. The van der Waals surface area contributed by atoms with Gasteiger partial charge in [0.1, 0.15) is 18.2 Å². The highest BCUT2D eigenvalue weighted by Gasteiger charge is 2.28. The average molecular weight is 647 g/mol. The van der Waals surface area contributed by atoms with Gasteiger partial charge in [-0.2, -0.15) is 0 Å². The summed E-state index contributed by atoms with van der Waals surface area (Å²) in [6, 6.07) is 19.3. The minimum Gasteiger partial charge on any atom is -0.446 e. The minimum absolute atomic E-state index is 0. The summed E-state index contributed by atoms with van der Waals surface area (Å²) in [6.45, 7) is 1.91. The van der Waals surface area contributed by atoms with Crippen LogP contribution >= 0.6 is 24.0 Å². The Morgan fingerprint density at radius 1 is 0.974 bits per heavy atom. The van der Waals surface area contributed by atoms with Crippen LogP contribution in [0.4, 0.5) is 20.6 Å². The fourth-order valence-corrected chi connectivity index (χ4v) is 4.55. The number of benzene rings is 3. The molecule has 1 aliphatic heterocycles. The van der Waals surface area contributed by atoms with Gasteiger partial charge in [0.2, 0.25) is 5.91 Å². The molecule has 0 spiro atoms. The number of nitrogens with one attached hydrogen (secondary N) is 2. The topological polar surface area (TPSA) is 84.5 Å². The molecule has 0 aliphatic carbocycles. The van der Waals surface area contributed by atoms with Gasteiger partial charge in [-0.05, 0) is 41.8 Å². The van der Waals surface area contributed by atoms with Crippen LogP contribution in [0.15, 0.2) is 66.7 Å². The lowest BCUT2D eigenvalue weighted by atomic mass is 9.99. The van der Waals surface area contributed by atoms with Gasteiger partial charge in [-0.15, -0.1) is 24.0 Å². The van der Waals surface area contributed by atoms with E-state index in [1.807, 2.05) is 48.5 Å². The van der Waals surface area contributed by atoms with Crippen molar-refractivity contribution in [1.29, 1.82) is 0 Å².